The fraction of sp³-hybridized carbons (Fsp3) is 0.350. The molecule has 7 nitrogen and oxygen atoms in total. The molecule has 162 valence electrons. The average molecular weight is 440 g/mol. The summed E-state index contributed by atoms with van der Waals surface area (Å²) in [6.45, 7) is -2.25. The number of carbonyl (C=O) groups excluding carboxylic acids is 1. The Kier molecular flexibility index (Phi) is 6.88. The molecular formula is C20H22F2N2O5S. The van der Waals surface area contributed by atoms with Gasteiger partial charge in [-0.05, 0) is 37.1 Å². The van der Waals surface area contributed by atoms with Crippen LogP contribution in [0.4, 0.5) is 14.5 Å². The van der Waals surface area contributed by atoms with Gasteiger partial charge in [-0.1, -0.05) is 18.6 Å². The molecule has 1 heterocycles. The molecule has 2 aromatic carbocycles. The Balaban J connectivity index is 1.88. The van der Waals surface area contributed by atoms with Gasteiger partial charge in [0.2, 0.25) is 10.0 Å². The van der Waals surface area contributed by atoms with Crippen LogP contribution in [0, 0.1) is 0 Å². The lowest BCUT2D eigenvalue weighted by Gasteiger charge is -2.26. The maximum atomic E-state index is 13.0. The van der Waals surface area contributed by atoms with Crippen LogP contribution in [0.3, 0.4) is 0 Å². The van der Waals surface area contributed by atoms with Gasteiger partial charge < -0.3 is 14.8 Å². The second kappa shape index (κ2) is 9.40. The van der Waals surface area contributed by atoms with Crippen LogP contribution in [0.2, 0.25) is 0 Å². The highest BCUT2D eigenvalue weighted by molar-refractivity contribution is 7.89. The van der Waals surface area contributed by atoms with E-state index in [1.165, 1.54) is 41.7 Å². The SMILES string of the molecule is COc1ccc(NC(=O)c2ccccc2S(=O)(=O)N2CCCCC2)cc1OC(F)F. The smallest absolute Gasteiger partial charge is 0.387 e. The minimum Gasteiger partial charge on any atom is -0.493 e. The highest BCUT2D eigenvalue weighted by Crippen LogP contribution is 2.32. The van der Waals surface area contributed by atoms with Crippen molar-refractivity contribution in [3.8, 4) is 11.5 Å². The first-order valence-electron chi connectivity index (χ1n) is 9.36. The fourth-order valence-corrected chi connectivity index (χ4v) is 4.97. The number of methoxy groups -OCH3 is 1. The van der Waals surface area contributed by atoms with E-state index in [0.29, 0.717) is 13.1 Å². The third kappa shape index (κ3) is 4.88. The number of sulfonamides is 1. The van der Waals surface area contributed by atoms with Crippen molar-refractivity contribution in [2.24, 2.45) is 0 Å². The van der Waals surface area contributed by atoms with Crippen molar-refractivity contribution in [3.63, 3.8) is 0 Å². The predicted molar refractivity (Wildman–Crippen MR) is 107 cm³/mol. The molecule has 1 amide bonds. The van der Waals surface area contributed by atoms with Crippen LogP contribution in [0.1, 0.15) is 29.6 Å². The highest BCUT2D eigenvalue weighted by Gasteiger charge is 2.29. The molecule has 0 aliphatic carbocycles. The number of nitrogens with zero attached hydrogens (tertiary/aromatic N) is 1. The lowest BCUT2D eigenvalue weighted by atomic mass is 10.2. The molecule has 1 aliphatic heterocycles. The number of hydrogen-bond donors (Lipinski definition) is 1. The number of piperidine rings is 1. The number of amides is 1. The van der Waals surface area contributed by atoms with E-state index in [-0.39, 0.29) is 27.6 Å². The summed E-state index contributed by atoms with van der Waals surface area (Å²) in [6, 6.07) is 9.90. The maximum Gasteiger partial charge on any atom is 0.387 e. The van der Waals surface area contributed by atoms with Crippen LogP contribution in [0.25, 0.3) is 0 Å². The van der Waals surface area contributed by atoms with E-state index in [2.05, 4.69) is 10.1 Å². The predicted octanol–water partition coefficient (Wildman–Crippen LogP) is 3.72. The fourth-order valence-electron chi connectivity index (χ4n) is 3.26. The molecular weight excluding hydrogens is 418 g/mol. The summed E-state index contributed by atoms with van der Waals surface area (Å²) in [5.74, 6) is -0.861. The number of alkyl halides is 2. The van der Waals surface area contributed by atoms with Gasteiger partial charge in [-0.2, -0.15) is 13.1 Å². The second-order valence-corrected chi connectivity index (χ2v) is 8.57. The number of carbonyl (C=O) groups is 1. The molecule has 0 unspecified atom stereocenters. The lowest BCUT2D eigenvalue weighted by Crippen LogP contribution is -2.36. The average Bonchev–Trinajstić information content (AvgIpc) is 2.74. The van der Waals surface area contributed by atoms with Gasteiger partial charge in [-0.25, -0.2) is 8.42 Å². The molecule has 0 radical (unpaired) electrons. The van der Waals surface area contributed by atoms with E-state index in [1.54, 1.807) is 12.1 Å². The first-order chi connectivity index (χ1) is 14.3. The van der Waals surface area contributed by atoms with Crippen LogP contribution < -0.4 is 14.8 Å². The van der Waals surface area contributed by atoms with E-state index in [4.69, 9.17) is 4.74 Å². The maximum absolute atomic E-state index is 13.0. The van der Waals surface area contributed by atoms with Gasteiger partial charge in [-0.3, -0.25) is 4.79 Å². The third-order valence-electron chi connectivity index (χ3n) is 4.70. The zero-order valence-electron chi connectivity index (χ0n) is 16.3. The molecule has 2 aromatic rings. The summed E-state index contributed by atoms with van der Waals surface area (Å²) < 4.78 is 62.1. The Morgan fingerprint density at radius 3 is 2.43 bits per heavy atom. The number of rotatable bonds is 7. The first-order valence-corrected chi connectivity index (χ1v) is 10.8. The Morgan fingerprint density at radius 2 is 1.77 bits per heavy atom. The zero-order chi connectivity index (χ0) is 21.7. The molecule has 1 fully saturated rings. The van der Waals surface area contributed by atoms with Crippen LogP contribution in [0.5, 0.6) is 11.5 Å². The van der Waals surface area contributed by atoms with Crippen LogP contribution >= 0.6 is 0 Å². The summed E-state index contributed by atoms with van der Waals surface area (Å²) in [4.78, 5) is 12.7. The molecule has 0 atom stereocenters. The van der Waals surface area contributed by atoms with Gasteiger partial charge in [-0.15, -0.1) is 0 Å². The van der Waals surface area contributed by atoms with Gasteiger partial charge in [0.15, 0.2) is 11.5 Å². The molecule has 30 heavy (non-hydrogen) atoms. The molecule has 0 bridgehead atoms. The minimum absolute atomic E-state index is 0.0322. The minimum atomic E-state index is -3.84. The van der Waals surface area contributed by atoms with E-state index in [9.17, 15) is 22.0 Å². The number of nitrogens with one attached hydrogen (secondary N) is 1. The highest BCUT2D eigenvalue weighted by atomic mass is 32.2. The lowest BCUT2D eigenvalue weighted by molar-refractivity contribution is -0.0511. The summed E-state index contributed by atoms with van der Waals surface area (Å²) >= 11 is 0. The van der Waals surface area contributed by atoms with Crippen LogP contribution in [-0.2, 0) is 10.0 Å². The molecule has 3 rings (SSSR count). The van der Waals surface area contributed by atoms with Crippen molar-refractivity contribution < 1.29 is 31.5 Å². The second-order valence-electron chi connectivity index (χ2n) is 6.66. The van der Waals surface area contributed by atoms with E-state index in [1.807, 2.05) is 0 Å². The third-order valence-corrected chi connectivity index (χ3v) is 6.66. The Labute approximate surface area is 173 Å². The molecule has 1 saturated heterocycles. The molecule has 0 aromatic heterocycles. The van der Waals surface area contributed by atoms with Crippen molar-refractivity contribution in [1.29, 1.82) is 0 Å². The standard InChI is InChI=1S/C20H22F2N2O5S/c1-28-16-10-9-14(13-17(16)29-20(21)22)23-19(25)15-7-3-4-8-18(15)30(26,27)24-11-5-2-6-12-24/h3-4,7-10,13,20H,2,5-6,11-12H2,1H3,(H,23,25). The molecule has 1 aliphatic rings. The Bertz CT molecular complexity index is 1010. The number of hydrogen-bond acceptors (Lipinski definition) is 5. The van der Waals surface area contributed by atoms with Crippen molar-refractivity contribution in [2.75, 3.05) is 25.5 Å². The molecule has 0 saturated carbocycles. The molecule has 10 heteroatoms. The monoisotopic (exact) mass is 440 g/mol. The van der Waals surface area contributed by atoms with E-state index < -0.39 is 22.5 Å². The number of benzene rings is 2. The van der Waals surface area contributed by atoms with Gasteiger partial charge in [0.05, 0.1) is 17.6 Å². The van der Waals surface area contributed by atoms with Gasteiger partial charge >= 0.3 is 6.61 Å². The van der Waals surface area contributed by atoms with Crippen molar-refractivity contribution in [3.05, 3.63) is 48.0 Å². The Morgan fingerprint density at radius 1 is 1.07 bits per heavy atom. The molecule has 0 spiro atoms. The summed E-state index contributed by atoms with van der Waals surface area (Å²) in [6.07, 6.45) is 2.51. The largest absolute Gasteiger partial charge is 0.493 e. The zero-order valence-corrected chi connectivity index (χ0v) is 17.1. The number of ether oxygens (including phenoxy) is 2. The van der Waals surface area contributed by atoms with Gasteiger partial charge in [0, 0.05) is 24.8 Å². The van der Waals surface area contributed by atoms with Crippen molar-refractivity contribution >= 4 is 21.6 Å². The topological polar surface area (TPSA) is 84.9 Å². The van der Waals surface area contributed by atoms with Crippen LogP contribution in [-0.4, -0.2) is 45.4 Å². The summed E-state index contributed by atoms with van der Waals surface area (Å²) in [7, 11) is -2.54. The van der Waals surface area contributed by atoms with Gasteiger partial charge in [0.25, 0.3) is 5.91 Å². The summed E-state index contributed by atoms with van der Waals surface area (Å²) in [5, 5.41) is 2.54. The Hall–Kier alpha value is -2.72. The van der Waals surface area contributed by atoms with Crippen molar-refractivity contribution in [2.45, 2.75) is 30.8 Å². The van der Waals surface area contributed by atoms with E-state index >= 15 is 0 Å². The van der Waals surface area contributed by atoms with Crippen LogP contribution in [0.15, 0.2) is 47.4 Å². The molecule has 1 N–H and O–H groups in total. The summed E-state index contributed by atoms with van der Waals surface area (Å²) in [5.41, 5.74) is 0.122. The normalized spacial score (nSPS) is 15.1. The number of halogens is 2. The number of anilines is 1. The first kappa shape index (κ1) is 22.0. The van der Waals surface area contributed by atoms with Gasteiger partial charge in [0.1, 0.15) is 0 Å². The van der Waals surface area contributed by atoms with E-state index in [0.717, 1.165) is 19.3 Å². The van der Waals surface area contributed by atoms with Crippen molar-refractivity contribution in [1.82, 2.24) is 4.31 Å². The quantitative estimate of drug-likeness (QED) is 0.709.